The summed E-state index contributed by atoms with van der Waals surface area (Å²) in [6.45, 7) is 1.45. The predicted octanol–water partition coefficient (Wildman–Crippen LogP) is 2.05. The molecule has 9 heteroatoms. The lowest BCUT2D eigenvalue weighted by Gasteiger charge is -2.18. The molecule has 1 aliphatic heterocycles. The number of amides is 3. The van der Waals surface area contributed by atoms with E-state index in [0.29, 0.717) is 36.9 Å². The molecule has 144 valence electrons. The first-order valence-corrected chi connectivity index (χ1v) is 8.80. The van der Waals surface area contributed by atoms with E-state index < -0.39 is 0 Å². The second-order valence-electron chi connectivity index (χ2n) is 6.33. The van der Waals surface area contributed by atoms with Crippen LogP contribution in [0.3, 0.4) is 0 Å². The average Bonchev–Trinajstić information content (AvgIpc) is 3.29. The van der Waals surface area contributed by atoms with Gasteiger partial charge >= 0.3 is 6.03 Å². The number of carbonyl (C=O) groups excluding carboxylic acids is 2. The van der Waals surface area contributed by atoms with Gasteiger partial charge in [0.15, 0.2) is 5.82 Å². The normalized spacial score (nSPS) is 13.9. The Kier molecular flexibility index (Phi) is 6.02. The van der Waals surface area contributed by atoms with Crippen molar-refractivity contribution in [2.75, 3.05) is 37.5 Å². The van der Waals surface area contributed by atoms with Gasteiger partial charge in [0.1, 0.15) is 6.54 Å². The maximum absolute atomic E-state index is 12.3. The molecule has 0 bridgehead atoms. The maximum atomic E-state index is 12.3. The summed E-state index contributed by atoms with van der Waals surface area (Å²) in [5.41, 5.74) is 1.49. The van der Waals surface area contributed by atoms with Crippen molar-refractivity contribution in [1.29, 1.82) is 0 Å². The van der Waals surface area contributed by atoms with Gasteiger partial charge in [-0.05, 0) is 30.7 Å². The molecule has 1 aliphatic rings. The summed E-state index contributed by atoms with van der Waals surface area (Å²) >= 11 is 0. The van der Waals surface area contributed by atoms with Crippen LogP contribution in [0.2, 0.25) is 0 Å². The molecular weight excluding hydrogens is 350 g/mol. The molecule has 1 saturated heterocycles. The van der Waals surface area contributed by atoms with Gasteiger partial charge < -0.3 is 24.4 Å². The monoisotopic (exact) mass is 373 g/mol. The van der Waals surface area contributed by atoms with E-state index >= 15 is 0 Å². The van der Waals surface area contributed by atoms with Crippen LogP contribution in [0.1, 0.15) is 24.6 Å². The number of ether oxygens (including phenoxy) is 1. The predicted molar refractivity (Wildman–Crippen MR) is 98.4 cm³/mol. The molecule has 9 nitrogen and oxygen atoms in total. The van der Waals surface area contributed by atoms with Gasteiger partial charge in [-0.25, -0.2) is 4.79 Å². The molecule has 3 amide bonds. The zero-order chi connectivity index (χ0) is 19.2. The number of nitrogens with one attached hydrogen (secondary N) is 1. The zero-order valence-corrected chi connectivity index (χ0v) is 15.5. The summed E-state index contributed by atoms with van der Waals surface area (Å²) < 4.78 is 10.1. The summed E-state index contributed by atoms with van der Waals surface area (Å²) in [7, 11) is 3.25. The van der Waals surface area contributed by atoms with Gasteiger partial charge in [-0.15, -0.1) is 0 Å². The van der Waals surface area contributed by atoms with Crippen molar-refractivity contribution in [3.8, 4) is 0 Å². The fraction of sp³-hybridized carbons (Fsp3) is 0.444. The van der Waals surface area contributed by atoms with Crippen molar-refractivity contribution in [3.63, 3.8) is 0 Å². The van der Waals surface area contributed by atoms with E-state index in [0.717, 1.165) is 18.7 Å². The SMILES string of the molecule is COCCc1noc(CN(C)C(=O)Nc2ccc(N3CCCC3=O)cc2)n1. The Balaban J connectivity index is 1.53. The van der Waals surface area contributed by atoms with Crippen molar-refractivity contribution in [1.82, 2.24) is 15.0 Å². The molecule has 2 aromatic rings. The Morgan fingerprint density at radius 2 is 2.15 bits per heavy atom. The van der Waals surface area contributed by atoms with Gasteiger partial charge in [-0.2, -0.15) is 4.98 Å². The molecule has 0 atom stereocenters. The highest BCUT2D eigenvalue weighted by molar-refractivity contribution is 5.96. The minimum atomic E-state index is -0.295. The minimum absolute atomic E-state index is 0.135. The highest BCUT2D eigenvalue weighted by Gasteiger charge is 2.21. The lowest BCUT2D eigenvalue weighted by Crippen LogP contribution is -2.31. The van der Waals surface area contributed by atoms with Crippen LogP contribution in [-0.4, -0.2) is 54.3 Å². The van der Waals surface area contributed by atoms with Crippen LogP contribution in [-0.2, 0) is 22.5 Å². The quantitative estimate of drug-likeness (QED) is 0.797. The number of methoxy groups -OCH3 is 1. The topological polar surface area (TPSA) is 101 Å². The number of hydrogen-bond acceptors (Lipinski definition) is 6. The van der Waals surface area contributed by atoms with E-state index in [9.17, 15) is 9.59 Å². The van der Waals surface area contributed by atoms with Crippen LogP contribution < -0.4 is 10.2 Å². The van der Waals surface area contributed by atoms with Crippen molar-refractivity contribution < 1.29 is 18.8 Å². The standard InChI is InChI=1S/C18H23N5O4/c1-22(12-16-20-15(21-27-16)9-11-26-2)18(25)19-13-5-7-14(8-6-13)23-10-3-4-17(23)24/h5-8H,3-4,9-12H2,1-2H3,(H,19,25). The molecule has 3 rings (SSSR count). The van der Waals surface area contributed by atoms with Crippen LogP contribution in [0.4, 0.5) is 16.2 Å². The number of hydrogen-bond donors (Lipinski definition) is 1. The minimum Gasteiger partial charge on any atom is -0.384 e. The van der Waals surface area contributed by atoms with E-state index in [1.807, 2.05) is 12.1 Å². The van der Waals surface area contributed by atoms with Gasteiger partial charge in [-0.1, -0.05) is 5.16 Å². The molecule has 0 unspecified atom stereocenters. The van der Waals surface area contributed by atoms with Gasteiger partial charge in [0.25, 0.3) is 0 Å². The molecule has 1 N–H and O–H groups in total. The summed E-state index contributed by atoms with van der Waals surface area (Å²) in [4.78, 5) is 31.5. The number of carbonyl (C=O) groups is 2. The number of benzene rings is 1. The van der Waals surface area contributed by atoms with Crippen LogP contribution >= 0.6 is 0 Å². The van der Waals surface area contributed by atoms with Crippen molar-refractivity contribution in [3.05, 3.63) is 36.0 Å². The molecule has 0 aliphatic carbocycles. The van der Waals surface area contributed by atoms with E-state index in [1.54, 1.807) is 31.2 Å². The fourth-order valence-corrected chi connectivity index (χ4v) is 2.79. The second kappa shape index (κ2) is 8.63. The van der Waals surface area contributed by atoms with Crippen molar-refractivity contribution >= 4 is 23.3 Å². The van der Waals surface area contributed by atoms with Gasteiger partial charge in [0, 0.05) is 44.9 Å². The van der Waals surface area contributed by atoms with Crippen molar-refractivity contribution in [2.45, 2.75) is 25.8 Å². The number of aromatic nitrogens is 2. The summed E-state index contributed by atoms with van der Waals surface area (Å²) in [5.74, 6) is 1.05. The van der Waals surface area contributed by atoms with Crippen LogP contribution in [0.5, 0.6) is 0 Å². The van der Waals surface area contributed by atoms with E-state index in [-0.39, 0.29) is 18.5 Å². The number of anilines is 2. The highest BCUT2D eigenvalue weighted by atomic mass is 16.5. The number of nitrogens with zero attached hydrogens (tertiary/aromatic N) is 4. The third kappa shape index (κ3) is 4.82. The summed E-state index contributed by atoms with van der Waals surface area (Å²) in [5, 5.41) is 6.65. The lowest BCUT2D eigenvalue weighted by atomic mass is 10.2. The molecule has 1 fully saturated rings. The van der Waals surface area contributed by atoms with E-state index in [4.69, 9.17) is 9.26 Å². The molecule has 1 aromatic heterocycles. The van der Waals surface area contributed by atoms with Crippen LogP contribution in [0, 0.1) is 0 Å². The first-order valence-electron chi connectivity index (χ1n) is 8.80. The third-order valence-electron chi connectivity index (χ3n) is 4.26. The Morgan fingerprint density at radius 3 is 2.81 bits per heavy atom. The molecule has 2 heterocycles. The smallest absolute Gasteiger partial charge is 0.322 e. The number of urea groups is 1. The lowest BCUT2D eigenvalue weighted by molar-refractivity contribution is -0.117. The molecule has 1 aromatic carbocycles. The average molecular weight is 373 g/mol. The van der Waals surface area contributed by atoms with E-state index in [1.165, 1.54) is 4.90 Å². The molecule has 0 saturated carbocycles. The molecule has 0 radical (unpaired) electrons. The van der Waals surface area contributed by atoms with Gasteiger partial charge in [0.2, 0.25) is 11.8 Å². The first-order chi connectivity index (χ1) is 13.1. The second-order valence-corrected chi connectivity index (χ2v) is 6.33. The summed E-state index contributed by atoms with van der Waals surface area (Å²) in [6.07, 6.45) is 2.03. The van der Waals surface area contributed by atoms with Crippen LogP contribution in [0.25, 0.3) is 0 Å². The van der Waals surface area contributed by atoms with Crippen LogP contribution in [0.15, 0.2) is 28.8 Å². The van der Waals surface area contributed by atoms with E-state index in [2.05, 4.69) is 15.5 Å². The molecule has 0 spiro atoms. The zero-order valence-electron chi connectivity index (χ0n) is 15.5. The van der Waals surface area contributed by atoms with Crippen molar-refractivity contribution in [2.24, 2.45) is 0 Å². The fourth-order valence-electron chi connectivity index (χ4n) is 2.79. The highest BCUT2D eigenvalue weighted by Crippen LogP contribution is 2.23. The third-order valence-corrected chi connectivity index (χ3v) is 4.26. The Labute approximate surface area is 157 Å². The Bertz CT molecular complexity index is 789. The largest absolute Gasteiger partial charge is 0.384 e. The van der Waals surface area contributed by atoms with Gasteiger partial charge in [0.05, 0.1) is 6.61 Å². The molecular formula is C18H23N5O4. The number of rotatable bonds is 7. The Morgan fingerprint density at radius 1 is 1.37 bits per heavy atom. The summed E-state index contributed by atoms with van der Waals surface area (Å²) in [6, 6.07) is 6.93. The first kappa shape index (κ1) is 18.8. The Hall–Kier alpha value is -2.94. The maximum Gasteiger partial charge on any atom is 0.322 e. The van der Waals surface area contributed by atoms with Gasteiger partial charge in [-0.3, -0.25) is 4.79 Å². The molecule has 27 heavy (non-hydrogen) atoms.